The highest BCUT2D eigenvalue weighted by molar-refractivity contribution is 7.11. The fourth-order valence-corrected chi connectivity index (χ4v) is 3.75. The van der Waals surface area contributed by atoms with Crippen molar-refractivity contribution < 1.29 is 14.3 Å². The van der Waals surface area contributed by atoms with Crippen LogP contribution in [0.5, 0.6) is 5.75 Å². The molecule has 0 aliphatic heterocycles. The maximum absolute atomic E-state index is 12.6. The summed E-state index contributed by atoms with van der Waals surface area (Å²) in [5.74, 6) is -0.282. The van der Waals surface area contributed by atoms with E-state index in [1.54, 1.807) is 60.0 Å². The van der Waals surface area contributed by atoms with Crippen LogP contribution in [-0.2, 0) is 17.9 Å². The normalized spacial score (nSPS) is 10.3. The Balaban J connectivity index is 1.69. The zero-order valence-corrected chi connectivity index (χ0v) is 17.3. The highest BCUT2D eigenvalue weighted by atomic mass is 32.1. The van der Waals surface area contributed by atoms with Crippen LogP contribution in [0.4, 0.5) is 0 Å². The van der Waals surface area contributed by atoms with Crippen LogP contribution < -0.4 is 14.9 Å². The number of nitriles is 1. The number of hydrogen-bond acceptors (Lipinski definition) is 6. The third kappa shape index (κ3) is 5.01. The molecule has 0 bridgehead atoms. The first-order valence-corrected chi connectivity index (χ1v) is 9.94. The molecule has 7 nitrogen and oxygen atoms in total. The van der Waals surface area contributed by atoms with Crippen molar-refractivity contribution in [2.24, 2.45) is 0 Å². The van der Waals surface area contributed by atoms with Gasteiger partial charge in [-0.15, -0.1) is 0 Å². The van der Waals surface area contributed by atoms with Gasteiger partial charge in [-0.05, 0) is 42.3 Å². The van der Waals surface area contributed by atoms with Crippen molar-refractivity contribution >= 4 is 23.2 Å². The second-order valence-corrected chi connectivity index (χ2v) is 7.56. The Labute approximate surface area is 177 Å². The topological polar surface area (TPSA) is 101 Å². The van der Waals surface area contributed by atoms with Gasteiger partial charge in [0.25, 0.3) is 5.91 Å². The van der Waals surface area contributed by atoms with E-state index in [4.69, 9.17) is 10.00 Å². The molecule has 0 saturated carbocycles. The van der Waals surface area contributed by atoms with Crippen molar-refractivity contribution in [2.45, 2.75) is 26.9 Å². The number of carbonyl (C=O) groups excluding carboxylic acids is 2. The predicted molar refractivity (Wildman–Crippen MR) is 112 cm³/mol. The van der Waals surface area contributed by atoms with Crippen LogP contribution in [-0.4, -0.2) is 16.4 Å². The summed E-state index contributed by atoms with van der Waals surface area (Å²) in [5, 5.41) is 11.6. The van der Waals surface area contributed by atoms with Gasteiger partial charge in [0.15, 0.2) is 0 Å². The van der Waals surface area contributed by atoms with Crippen molar-refractivity contribution in [1.29, 1.82) is 5.26 Å². The number of nitrogens with one attached hydrogen (secondary N) is 1. The highest BCUT2D eigenvalue weighted by Crippen LogP contribution is 2.17. The minimum Gasteiger partial charge on any atom is -0.427 e. The van der Waals surface area contributed by atoms with Gasteiger partial charge in [-0.25, -0.2) is 0 Å². The van der Waals surface area contributed by atoms with Gasteiger partial charge in [-0.2, -0.15) is 5.26 Å². The van der Waals surface area contributed by atoms with Crippen LogP contribution in [0.25, 0.3) is 0 Å². The van der Waals surface area contributed by atoms with Gasteiger partial charge in [0.2, 0.25) is 0 Å². The van der Waals surface area contributed by atoms with Crippen LogP contribution in [0, 0.1) is 18.3 Å². The number of amides is 1. The summed E-state index contributed by atoms with van der Waals surface area (Å²) in [4.78, 5) is 36.1. The fourth-order valence-electron chi connectivity index (χ4n) is 2.84. The molecule has 0 saturated heterocycles. The summed E-state index contributed by atoms with van der Waals surface area (Å²) >= 11 is 0.904. The number of esters is 1. The molecule has 1 N–H and O–H groups in total. The number of carbonyl (C=O) groups is 2. The quantitative estimate of drug-likeness (QED) is 0.487. The Morgan fingerprint density at radius 3 is 2.33 bits per heavy atom. The Kier molecular flexibility index (Phi) is 6.45. The molecule has 0 unspecified atom stereocenters. The van der Waals surface area contributed by atoms with E-state index in [1.165, 1.54) is 6.92 Å². The molecule has 152 valence electrons. The standard InChI is InChI=1S/C22H19N3O4S/c1-14-20(21(27)24-12-17-5-3-16(11-23)4-6-17)30-22(28)25(14)13-18-7-9-19(10-8-18)29-15(2)26/h3-10H,12-13H2,1-2H3,(H,24,27). The second-order valence-electron chi connectivity index (χ2n) is 6.60. The average molecular weight is 421 g/mol. The highest BCUT2D eigenvalue weighted by Gasteiger charge is 2.17. The second kappa shape index (κ2) is 9.20. The minimum absolute atomic E-state index is 0.222. The van der Waals surface area contributed by atoms with Crippen LogP contribution in [0.2, 0.25) is 0 Å². The van der Waals surface area contributed by atoms with E-state index in [2.05, 4.69) is 5.32 Å². The first-order chi connectivity index (χ1) is 14.4. The maximum Gasteiger partial charge on any atom is 0.308 e. The summed E-state index contributed by atoms with van der Waals surface area (Å²) in [5.41, 5.74) is 2.85. The van der Waals surface area contributed by atoms with Crippen molar-refractivity contribution in [3.63, 3.8) is 0 Å². The smallest absolute Gasteiger partial charge is 0.308 e. The summed E-state index contributed by atoms with van der Waals surface area (Å²) in [7, 11) is 0. The van der Waals surface area contributed by atoms with Crippen LogP contribution >= 0.6 is 11.3 Å². The number of benzene rings is 2. The zero-order chi connectivity index (χ0) is 21.7. The Bertz CT molecular complexity index is 1170. The van der Waals surface area contributed by atoms with E-state index < -0.39 is 5.97 Å². The van der Waals surface area contributed by atoms with E-state index in [9.17, 15) is 14.4 Å². The molecule has 0 atom stereocenters. The summed E-state index contributed by atoms with van der Waals surface area (Å²) in [6, 6.07) is 15.8. The molecule has 30 heavy (non-hydrogen) atoms. The molecule has 0 aliphatic carbocycles. The first kappa shape index (κ1) is 21.0. The van der Waals surface area contributed by atoms with E-state index in [-0.39, 0.29) is 10.8 Å². The van der Waals surface area contributed by atoms with Gasteiger partial charge in [-0.3, -0.25) is 19.0 Å². The SMILES string of the molecule is CC(=O)Oc1ccc(Cn2c(C)c(C(=O)NCc3ccc(C#N)cc3)sc2=O)cc1. The average Bonchev–Trinajstić information content (AvgIpc) is 3.01. The summed E-state index contributed by atoms with van der Waals surface area (Å²) in [6.07, 6.45) is 0. The van der Waals surface area contributed by atoms with Gasteiger partial charge in [0.05, 0.1) is 18.2 Å². The molecule has 3 rings (SSSR count). The molecular weight excluding hydrogens is 402 g/mol. The molecule has 1 amide bonds. The number of hydrogen-bond donors (Lipinski definition) is 1. The predicted octanol–water partition coefficient (Wildman–Crippen LogP) is 2.99. The Hall–Kier alpha value is -3.70. The number of thiazole rings is 1. The van der Waals surface area contributed by atoms with Crippen LogP contribution in [0.3, 0.4) is 0 Å². The van der Waals surface area contributed by atoms with Crippen molar-refractivity contribution in [3.8, 4) is 11.8 Å². The molecule has 8 heteroatoms. The lowest BCUT2D eigenvalue weighted by molar-refractivity contribution is -0.131. The van der Waals surface area contributed by atoms with Crippen LogP contribution in [0.1, 0.15) is 39.0 Å². The molecule has 3 aromatic rings. The lowest BCUT2D eigenvalue weighted by Gasteiger charge is -2.08. The molecule has 0 radical (unpaired) electrons. The number of ether oxygens (including phenoxy) is 1. The fraction of sp³-hybridized carbons (Fsp3) is 0.182. The summed E-state index contributed by atoms with van der Waals surface area (Å²) < 4.78 is 6.55. The van der Waals surface area contributed by atoms with E-state index in [0.29, 0.717) is 35.0 Å². The third-order valence-electron chi connectivity index (χ3n) is 4.41. The minimum atomic E-state index is -0.399. The van der Waals surface area contributed by atoms with E-state index in [1.807, 2.05) is 6.07 Å². The molecule has 0 spiro atoms. The molecule has 2 aromatic carbocycles. The largest absolute Gasteiger partial charge is 0.427 e. The summed E-state index contributed by atoms with van der Waals surface area (Å²) in [6.45, 7) is 3.68. The molecule has 0 aliphatic rings. The third-order valence-corrected chi connectivity index (χ3v) is 5.49. The first-order valence-electron chi connectivity index (χ1n) is 9.12. The van der Waals surface area contributed by atoms with Gasteiger partial charge in [-0.1, -0.05) is 35.6 Å². The molecule has 1 aromatic heterocycles. The van der Waals surface area contributed by atoms with Gasteiger partial charge in [0, 0.05) is 19.2 Å². The van der Waals surface area contributed by atoms with Gasteiger partial charge >= 0.3 is 10.8 Å². The Morgan fingerprint density at radius 2 is 1.73 bits per heavy atom. The number of aromatic nitrogens is 1. The van der Waals surface area contributed by atoms with Crippen molar-refractivity contribution in [3.05, 3.63) is 85.5 Å². The van der Waals surface area contributed by atoms with E-state index >= 15 is 0 Å². The van der Waals surface area contributed by atoms with Gasteiger partial charge < -0.3 is 10.1 Å². The number of nitrogens with zero attached hydrogens (tertiary/aromatic N) is 2. The molecule has 0 fully saturated rings. The molecular formula is C22H19N3O4S. The van der Waals surface area contributed by atoms with E-state index in [0.717, 1.165) is 22.5 Å². The zero-order valence-electron chi connectivity index (χ0n) is 16.5. The maximum atomic E-state index is 12.6. The lowest BCUT2D eigenvalue weighted by atomic mass is 10.1. The van der Waals surface area contributed by atoms with Crippen LogP contribution in [0.15, 0.2) is 53.3 Å². The molecule has 1 heterocycles. The Morgan fingerprint density at radius 1 is 1.10 bits per heavy atom. The van der Waals surface area contributed by atoms with Crippen molar-refractivity contribution in [1.82, 2.24) is 9.88 Å². The van der Waals surface area contributed by atoms with Gasteiger partial charge in [0.1, 0.15) is 10.6 Å². The lowest BCUT2D eigenvalue weighted by Crippen LogP contribution is -2.23. The monoisotopic (exact) mass is 421 g/mol. The van der Waals surface area contributed by atoms with Crippen molar-refractivity contribution in [2.75, 3.05) is 0 Å². The number of rotatable bonds is 6.